The Morgan fingerprint density at radius 2 is 1.71 bits per heavy atom. The number of nitrogens with two attached hydrogens (primary N) is 1. The highest BCUT2D eigenvalue weighted by Gasteiger charge is 2.35. The zero-order valence-electron chi connectivity index (χ0n) is 24.0. The number of carbonyl (C=O) groups excluding carboxylic acids is 1. The van der Waals surface area contributed by atoms with Crippen LogP contribution in [0.1, 0.15) is 40.0 Å². The fraction of sp³-hybridized carbons (Fsp3) is 0.133. The van der Waals surface area contributed by atoms with Crippen molar-refractivity contribution >= 4 is 17.5 Å². The van der Waals surface area contributed by atoms with Gasteiger partial charge in [-0.15, -0.1) is 5.10 Å². The van der Waals surface area contributed by atoms with Gasteiger partial charge in [0.15, 0.2) is 11.5 Å². The molecule has 10 nitrogen and oxygen atoms in total. The van der Waals surface area contributed by atoms with E-state index in [0.717, 1.165) is 23.0 Å². The molecule has 0 aliphatic carbocycles. The van der Waals surface area contributed by atoms with Gasteiger partial charge in [-0.05, 0) is 42.0 Å². The molecule has 4 heterocycles. The van der Waals surface area contributed by atoms with Gasteiger partial charge in [0.05, 0.1) is 46.1 Å². The van der Waals surface area contributed by atoms with Crippen LogP contribution in [-0.2, 0) is 12.6 Å². The monoisotopic (exact) mass is 689 g/mol. The van der Waals surface area contributed by atoms with E-state index in [0.29, 0.717) is 27.7 Å². The number of carbonyl (C=O) groups is 1. The molecule has 4 aromatic heterocycles. The Labute approximate surface area is 270 Å². The molecule has 0 fully saturated rings. The van der Waals surface area contributed by atoms with Crippen LogP contribution in [0.25, 0.3) is 27.9 Å². The van der Waals surface area contributed by atoms with Gasteiger partial charge in [0.2, 0.25) is 0 Å². The summed E-state index contributed by atoms with van der Waals surface area (Å²) in [6.07, 6.45) is 1.12. The summed E-state index contributed by atoms with van der Waals surface area (Å²) < 4.78 is 98.7. The average molecular weight is 690 g/mol. The van der Waals surface area contributed by atoms with Crippen LogP contribution in [0.3, 0.4) is 0 Å². The number of alkyl halides is 5. The lowest BCUT2D eigenvalue weighted by atomic mass is 10.0. The second-order valence-electron chi connectivity index (χ2n) is 10.3. The van der Waals surface area contributed by atoms with Crippen molar-refractivity contribution in [1.82, 2.24) is 39.5 Å². The molecule has 1 atom stereocenters. The molecule has 246 valence electrons. The maximum Gasteiger partial charge on any atom is 0.436 e. The highest BCUT2D eigenvalue weighted by Crippen LogP contribution is 2.35. The molecule has 1 amide bonds. The first-order chi connectivity index (χ1) is 22.8. The van der Waals surface area contributed by atoms with Crippen LogP contribution in [-0.4, -0.2) is 45.4 Å². The number of pyridine rings is 1. The van der Waals surface area contributed by atoms with Crippen LogP contribution < -0.4 is 5.73 Å². The van der Waals surface area contributed by atoms with Gasteiger partial charge in [0.1, 0.15) is 5.82 Å². The minimum atomic E-state index is -4.79. The van der Waals surface area contributed by atoms with Crippen LogP contribution in [0.15, 0.2) is 79.5 Å². The third kappa shape index (κ3) is 6.35. The van der Waals surface area contributed by atoms with E-state index in [1.54, 1.807) is 6.20 Å². The number of benzene rings is 2. The predicted molar refractivity (Wildman–Crippen MR) is 156 cm³/mol. The summed E-state index contributed by atoms with van der Waals surface area (Å²) >= 11 is 6.02. The normalized spacial score (nSPS) is 12.5. The summed E-state index contributed by atoms with van der Waals surface area (Å²) in [7, 11) is 0. The van der Waals surface area contributed by atoms with Crippen molar-refractivity contribution in [2.45, 2.75) is 25.2 Å². The summed E-state index contributed by atoms with van der Waals surface area (Å²) in [4.78, 5) is 15.9. The second-order valence-corrected chi connectivity index (χ2v) is 10.7. The number of hydrogen-bond acceptors (Lipinski definition) is 6. The van der Waals surface area contributed by atoms with Gasteiger partial charge < -0.3 is 5.73 Å². The summed E-state index contributed by atoms with van der Waals surface area (Å²) in [5.74, 6) is -2.73. The molecule has 6 aromatic rings. The van der Waals surface area contributed by atoms with Gasteiger partial charge >= 0.3 is 12.7 Å². The number of hydrogen-bond donors (Lipinski definition) is 1. The molecule has 0 aliphatic heterocycles. The van der Waals surface area contributed by atoms with Crippen molar-refractivity contribution in [3.05, 3.63) is 119 Å². The lowest BCUT2D eigenvalue weighted by Gasteiger charge is -2.17. The Bertz CT molecular complexity index is 2120. The van der Waals surface area contributed by atoms with Gasteiger partial charge in [-0.25, -0.2) is 18.1 Å². The molecule has 6 rings (SSSR count). The Kier molecular flexibility index (Phi) is 8.46. The average Bonchev–Trinajstić information content (AvgIpc) is 3.82. The Morgan fingerprint density at radius 3 is 2.33 bits per heavy atom. The zero-order valence-corrected chi connectivity index (χ0v) is 24.7. The van der Waals surface area contributed by atoms with Crippen LogP contribution in [0.4, 0.5) is 30.7 Å². The van der Waals surface area contributed by atoms with Crippen LogP contribution in [0, 0.1) is 11.6 Å². The first-order valence-corrected chi connectivity index (χ1v) is 14.1. The number of rotatable bonds is 9. The SMILES string of the molecule is NC(=O)c1ccc(-c2cnn(C(Cc3ccn(C(F)F)n3)c3ccc(-c4c(-n5cc(C(F)(F)F)nn5)ccc(Cl)c4F)cn3)c2)cc1F. The molecule has 0 saturated carbocycles. The molecular weight excluding hydrogens is 671 g/mol. The molecule has 48 heavy (non-hydrogen) atoms. The van der Waals surface area contributed by atoms with E-state index in [1.165, 1.54) is 53.5 Å². The molecule has 2 aromatic carbocycles. The van der Waals surface area contributed by atoms with E-state index in [4.69, 9.17) is 17.3 Å². The van der Waals surface area contributed by atoms with Crippen LogP contribution in [0.5, 0.6) is 0 Å². The molecule has 0 aliphatic rings. The van der Waals surface area contributed by atoms with Gasteiger partial charge in [0, 0.05) is 41.7 Å². The smallest absolute Gasteiger partial charge is 0.366 e. The van der Waals surface area contributed by atoms with Crippen molar-refractivity contribution < 1.29 is 35.5 Å². The minimum Gasteiger partial charge on any atom is -0.366 e. The van der Waals surface area contributed by atoms with Gasteiger partial charge in [-0.3, -0.25) is 14.5 Å². The fourth-order valence-electron chi connectivity index (χ4n) is 4.95. The topological polar surface area (TPSA) is 122 Å². The largest absolute Gasteiger partial charge is 0.436 e. The molecule has 0 saturated heterocycles. The fourth-order valence-corrected chi connectivity index (χ4v) is 5.10. The zero-order chi connectivity index (χ0) is 34.3. The molecule has 1 unspecified atom stereocenters. The predicted octanol–water partition coefficient (Wildman–Crippen LogP) is 6.67. The Balaban J connectivity index is 1.39. The quantitative estimate of drug-likeness (QED) is 0.169. The van der Waals surface area contributed by atoms with Crippen molar-refractivity contribution in [2.75, 3.05) is 0 Å². The van der Waals surface area contributed by atoms with E-state index < -0.39 is 42.0 Å². The third-order valence-electron chi connectivity index (χ3n) is 7.27. The van der Waals surface area contributed by atoms with Crippen LogP contribution in [0.2, 0.25) is 5.02 Å². The first-order valence-electron chi connectivity index (χ1n) is 13.7. The lowest BCUT2D eigenvalue weighted by molar-refractivity contribution is -0.141. The molecule has 0 spiro atoms. The van der Waals surface area contributed by atoms with E-state index in [1.807, 2.05) is 0 Å². The highest BCUT2D eigenvalue weighted by atomic mass is 35.5. The third-order valence-corrected chi connectivity index (χ3v) is 7.57. The van der Waals surface area contributed by atoms with E-state index in [-0.39, 0.29) is 39.5 Å². The van der Waals surface area contributed by atoms with Gasteiger partial charge in [0.25, 0.3) is 5.91 Å². The van der Waals surface area contributed by atoms with Gasteiger partial charge in [-0.1, -0.05) is 28.9 Å². The molecule has 2 N–H and O–H groups in total. The van der Waals surface area contributed by atoms with Crippen molar-refractivity contribution in [2.24, 2.45) is 5.73 Å². The molecular formula is C30H19ClF7N9O. The summed E-state index contributed by atoms with van der Waals surface area (Å²) in [5.41, 5.74) is 4.74. The van der Waals surface area contributed by atoms with Gasteiger partial charge in [-0.2, -0.15) is 32.1 Å². The summed E-state index contributed by atoms with van der Waals surface area (Å²) in [6.45, 7) is -2.89. The number of primary amides is 1. The summed E-state index contributed by atoms with van der Waals surface area (Å²) in [6, 6.07) is 9.76. The Hall–Kier alpha value is -5.58. The van der Waals surface area contributed by atoms with Crippen molar-refractivity contribution in [3.63, 3.8) is 0 Å². The lowest BCUT2D eigenvalue weighted by Crippen LogP contribution is -2.16. The summed E-state index contributed by atoms with van der Waals surface area (Å²) in [5, 5.41) is 14.6. The Morgan fingerprint density at radius 1 is 0.938 bits per heavy atom. The molecule has 0 radical (unpaired) electrons. The minimum absolute atomic E-state index is 0.00187. The van der Waals surface area contributed by atoms with Crippen LogP contribution >= 0.6 is 11.6 Å². The number of amides is 1. The van der Waals surface area contributed by atoms with Crippen molar-refractivity contribution in [1.29, 1.82) is 0 Å². The number of aromatic nitrogens is 8. The highest BCUT2D eigenvalue weighted by molar-refractivity contribution is 6.31. The maximum absolute atomic E-state index is 15.4. The first kappa shape index (κ1) is 32.4. The standard InChI is InChI=1S/C30H19ClF7N9O/c31-20-4-6-23(47-14-25(42-44-47)30(36,37)38)26(27(20)33)16-2-5-22(40-11-16)24(10-18-7-8-45(43-18)29(34)35)46-13-17(12-41-46)15-1-3-19(28(39)48)21(32)9-15/h1-9,11-14,24,29H,10H2,(H2,39,48). The number of nitrogens with zero attached hydrogens (tertiary/aromatic N) is 8. The van der Waals surface area contributed by atoms with E-state index in [2.05, 4.69) is 25.5 Å². The van der Waals surface area contributed by atoms with E-state index in [9.17, 15) is 31.1 Å². The maximum atomic E-state index is 15.4. The van der Waals surface area contributed by atoms with E-state index >= 15 is 4.39 Å². The molecule has 18 heteroatoms. The number of halogens is 8. The van der Waals surface area contributed by atoms with Crippen molar-refractivity contribution in [3.8, 4) is 27.9 Å². The molecule has 0 bridgehead atoms. The second kappa shape index (κ2) is 12.6.